The molecule has 1 aliphatic rings. The van der Waals surface area contributed by atoms with Crippen molar-refractivity contribution in [3.05, 3.63) is 34.9 Å². The lowest BCUT2D eigenvalue weighted by molar-refractivity contribution is -0.133. The van der Waals surface area contributed by atoms with Crippen LogP contribution in [0.4, 0.5) is 0 Å². The Balaban J connectivity index is 2.27. The van der Waals surface area contributed by atoms with E-state index in [-0.39, 0.29) is 12.1 Å². The minimum atomic E-state index is -0.489. The molecular weight excluding hydrogens is 286 g/mol. The standard InChI is InChI=1S/C16H24ClN3O/c1-5-16(2)15(21)20(11-10-19(3)4)14(18-16)12-6-8-13(17)9-7-12/h6-9,14,18H,5,10-11H2,1-4H3. The van der Waals surface area contributed by atoms with E-state index in [1.807, 2.05) is 57.1 Å². The van der Waals surface area contributed by atoms with E-state index in [0.717, 1.165) is 18.5 Å². The van der Waals surface area contributed by atoms with Crippen molar-refractivity contribution in [1.29, 1.82) is 0 Å². The maximum atomic E-state index is 12.7. The summed E-state index contributed by atoms with van der Waals surface area (Å²) in [6.45, 7) is 5.58. The average Bonchev–Trinajstić information content (AvgIpc) is 2.70. The fraction of sp³-hybridized carbons (Fsp3) is 0.562. The number of carbonyl (C=O) groups is 1. The van der Waals surface area contributed by atoms with Gasteiger partial charge in [-0.15, -0.1) is 0 Å². The topological polar surface area (TPSA) is 35.6 Å². The molecule has 2 unspecified atom stereocenters. The molecule has 1 heterocycles. The number of amides is 1. The van der Waals surface area contributed by atoms with Gasteiger partial charge < -0.3 is 9.80 Å². The van der Waals surface area contributed by atoms with Gasteiger partial charge in [0.1, 0.15) is 6.17 Å². The van der Waals surface area contributed by atoms with Gasteiger partial charge in [0.15, 0.2) is 0 Å². The summed E-state index contributed by atoms with van der Waals surface area (Å²) in [5, 5.41) is 4.20. The second-order valence-corrected chi connectivity index (χ2v) is 6.52. The van der Waals surface area contributed by atoms with E-state index in [1.54, 1.807) is 0 Å². The second-order valence-electron chi connectivity index (χ2n) is 6.09. The van der Waals surface area contributed by atoms with Gasteiger partial charge in [-0.3, -0.25) is 10.1 Å². The second kappa shape index (κ2) is 6.34. The first-order chi connectivity index (χ1) is 9.87. The van der Waals surface area contributed by atoms with E-state index in [0.29, 0.717) is 11.6 Å². The van der Waals surface area contributed by atoms with Gasteiger partial charge in [-0.1, -0.05) is 30.7 Å². The predicted molar refractivity (Wildman–Crippen MR) is 86.3 cm³/mol. The Morgan fingerprint density at radius 1 is 1.33 bits per heavy atom. The van der Waals surface area contributed by atoms with E-state index in [1.165, 1.54) is 0 Å². The molecule has 1 N–H and O–H groups in total. The molecule has 0 aromatic heterocycles. The molecule has 2 rings (SSSR count). The molecule has 4 nitrogen and oxygen atoms in total. The van der Waals surface area contributed by atoms with Crippen LogP contribution in [-0.4, -0.2) is 48.4 Å². The summed E-state index contributed by atoms with van der Waals surface area (Å²) >= 11 is 5.96. The van der Waals surface area contributed by atoms with Crippen LogP contribution in [0.15, 0.2) is 24.3 Å². The number of benzene rings is 1. The Morgan fingerprint density at radius 3 is 2.48 bits per heavy atom. The van der Waals surface area contributed by atoms with Gasteiger partial charge in [0.25, 0.3) is 0 Å². The molecule has 0 saturated carbocycles. The summed E-state index contributed by atoms with van der Waals surface area (Å²) in [7, 11) is 4.04. The van der Waals surface area contributed by atoms with Crippen molar-refractivity contribution in [1.82, 2.24) is 15.1 Å². The van der Waals surface area contributed by atoms with Gasteiger partial charge in [0, 0.05) is 18.1 Å². The van der Waals surface area contributed by atoms with Crippen LogP contribution in [0.5, 0.6) is 0 Å². The molecule has 1 aliphatic heterocycles. The predicted octanol–water partition coefficient (Wildman–Crippen LogP) is 2.50. The molecule has 0 radical (unpaired) electrons. The lowest BCUT2D eigenvalue weighted by Crippen LogP contribution is -2.43. The van der Waals surface area contributed by atoms with Crippen molar-refractivity contribution >= 4 is 17.5 Å². The minimum Gasteiger partial charge on any atom is -0.320 e. The highest BCUT2D eigenvalue weighted by Gasteiger charge is 2.46. The Labute approximate surface area is 132 Å². The quantitative estimate of drug-likeness (QED) is 0.908. The third kappa shape index (κ3) is 3.39. The molecule has 21 heavy (non-hydrogen) atoms. The molecular formula is C16H24ClN3O. The van der Waals surface area contributed by atoms with Crippen molar-refractivity contribution in [3.63, 3.8) is 0 Å². The zero-order chi connectivity index (χ0) is 15.6. The molecule has 1 saturated heterocycles. The van der Waals surface area contributed by atoms with E-state index in [4.69, 9.17) is 11.6 Å². The molecule has 1 aromatic rings. The summed E-state index contributed by atoms with van der Waals surface area (Å²) in [6, 6.07) is 7.71. The van der Waals surface area contributed by atoms with E-state index < -0.39 is 5.54 Å². The summed E-state index contributed by atoms with van der Waals surface area (Å²) in [4.78, 5) is 16.8. The van der Waals surface area contributed by atoms with Gasteiger partial charge in [-0.25, -0.2) is 0 Å². The Hall–Kier alpha value is -1.10. The Morgan fingerprint density at radius 2 is 1.95 bits per heavy atom. The average molecular weight is 310 g/mol. The first kappa shape index (κ1) is 16.3. The largest absolute Gasteiger partial charge is 0.320 e. The molecule has 5 heteroatoms. The fourth-order valence-corrected chi connectivity index (χ4v) is 2.70. The normalized spacial score (nSPS) is 25.9. The third-order valence-corrected chi connectivity index (χ3v) is 4.43. The maximum Gasteiger partial charge on any atom is 0.244 e. The number of carbonyl (C=O) groups excluding carboxylic acids is 1. The van der Waals surface area contributed by atoms with Crippen LogP contribution < -0.4 is 5.32 Å². The lowest BCUT2D eigenvalue weighted by atomic mass is 9.99. The zero-order valence-corrected chi connectivity index (χ0v) is 13.9. The summed E-state index contributed by atoms with van der Waals surface area (Å²) in [5.41, 5.74) is 0.583. The molecule has 116 valence electrons. The van der Waals surface area contributed by atoms with Gasteiger partial charge in [0.05, 0.1) is 5.54 Å². The van der Waals surface area contributed by atoms with Gasteiger partial charge in [-0.05, 0) is 45.1 Å². The first-order valence-corrected chi connectivity index (χ1v) is 7.74. The smallest absolute Gasteiger partial charge is 0.244 e. The monoisotopic (exact) mass is 309 g/mol. The molecule has 0 aliphatic carbocycles. The molecule has 1 amide bonds. The van der Waals surface area contributed by atoms with E-state index >= 15 is 0 Å². The van der Waals surface area contributed by atoms with Crippen molar-refractivity contribution in [2.45, 2.75) is 32.0 Å². The molecule has 1 fully saturated rings. The van der Waals surface area contributed by atoms with Crippen LogP contribution in [0.25, 0.3) is 0 Å². The summed E-state index contributed by atoms with van der Waals surface area (Å²) in [5.74, 6) is 0.173. The Bertz CT molecular complexity index is 503. The molecule has 0 bridgehead atoms. The number of nitrogens with zero attached hydrogens (tertiary/aromatic N) is 2. The van der Waals surface area contributed by atoms with Crippen molar-refractivity contribution < 1.29 is 4.79 Å². The number of halogens is 1. The van der Waals surface area contributed by atoms with Crippen molar-refractivity contribution in [2.75, 3.05) is 27.2 Å². The summed E-state index contributed by atoms with van der Waals surface area (Å²) < 4.78 is 0. The van der Waals surface area contributed by atoms with Crippen LogP contribution in [0.3, 0.4) is 0 Å². The fourth-order valence-electron chi connectivity index (χ4n) is 2.58. The number of likely N-dealkylation sites (N-methyl/N-ethyl adjacent to an activating group) is 1. The van der Waals surface area contributed by atoms with Crippen LogP contribution in [0, 0.1) is 0 Å². The maximum absolute atomic E-state index is 12.7. The highest BCUT2D eigenvalue weighted by Crippen LogP contribution is 2.32. The number of hydrogen-bond acceptors (Lipinski definition) is 3. The van der Waals surface area contributed by atoms with Gasteiger partial charge in [0.2, 0.25) is 5.91 Å². The Kier molecular flexibility index (Phi) is 4.91. The highest BCUT2D eigenvalue weighted by atomic mass is 35.5. The van der Waals surface area contributed by atoms with Crippen molar-refractivity contribution in [2.24, 2.45) is 0 Å². The van der Waals surface area contributed by atoms with Crippen molar-refractivity contribution in [3.8, 4) is 0 Å². The van der Waals surface area contributed by atoms with Gasteiger partial charge >= 0.3 is 0 Å². The molecule has 1 aromatic carbocycles. The van der Waals surface area contributed by atoms with Crippen LogP contribution >= 0.6 is 11.6 Å². The third-order valence-electron chi connectivity index (χ3n) is 4.18. The van der Waals surface area contributed by atoms with Crippen LogP contribution in [0.2, 0.25) is 5.02 Å². The lowest BCUT2D eigenvalue weighted by Gasteiger charge is -2.26. The number of nitrogens with one attached hydrogen (secondary N) is 1. The SMILES string of the molecule is CCC1(C)NC(c2ccc(Cl)cc2)N(CCN(C)C)C1=O. The van der Waals surface area contributed by atoms with E-state index in [2.05, 4.69) is 10.2 Å². The molecule has 0 spiro atoms. The molecule has 2 atom stereocenters. The van der Waals surface area contributed by atoms with Crippen LogP contribution in [-0.2, 0) is 4.79 Å². The highest BCUT2D eigenvalue weighted by molar-refractivity contribution is 6.30. The first-order valence-electron chi connectivity index (χ1n) is 7.36. The van der Waals surface area contributed by atoms with Crippen LogP contribution in [0.1, 0.15) is 32.0 Å². The number of hydrogen-bond donors (Lipinski definition) is 1. The zero-order valence-electron chi connectivity index (χ0n) is 13.2. The van der Waals surface area contributed by atoms with E-state index in [9.17, 15) is 4.79 Å². The van der Waals surface area contributed by atoms with Gasteiger partial charge in [-0.2, -0.15) is 0 Å². The minimum absolute atomic E-state index is 0.0836. The number of rotatable bonds is 5. The summed E-state index contributed by atoms with van der Waals surface area (Å²) in [6.07, 6.45) is 0.689.